The van der Waals surface area contributed by atoms with Crippen molar-refractivity contribution in [3.63, 3.8) is 0 Å². The average molecular weight is 415 g/mol. The number of nitrogens with zero attached hydrogens (tertiary/aromatic N) is 1. The van der Waals surface area contributed by atoms with Crippen molar-refractivity contribution in [2.45, 2.75) is 33.2 Å². The molecule has 0 aliphatic carbocycles. The van der Waals surface area contributed by atoms with E-state index in [0.717, 1.165) is 11.3 Å². The summed E-state index contributed by atoms with van der Waals surface area (Å²) in [6, 6.07) is 1.39. The Hall–Kier alpha value is -2.12. The van der Waals surface area contributed by atoms with E-state index in [4.69, 9.17) is 27.9 Å². The molecule has 1 aromatic rings. The van der Waals surface area contributed by atoms with Crippen LogP contribution in [0.1, 0.15) is 47.9 Å². The molecule has 0 saturated heterocycles. The number of esters is 1. The molecule has 1 atom stereocenters. The minimum absolute atomic E-state index is 0.0699. The van der Waals surface area contributed by atoms with Gasteiger partial charge >= 0.3 is 5.97 Å². The molecule has 146 valence electrons. The highest BCUT2D eigenvalue weighted by molar-refractivity contribution is 6.43. The number of hydrogen-bond donors (Lipinski definition) is 1. The van der Waals surface area contributed by atoms with E-state index < -0.39 is 36.3 Å². The van der Waals surface area contributed by atoms with E-state index >= 15 is 0 Å². The Kier molecular flexibility index (Phi) is 6.84. The minimum Gasteiger partial charge on any atom is -0.454 e. The lowest BCUT2D eigenvalue weighted by Crippen LogP contribution is -2.44. The van der Waals surface area contributed by atoms with Crippen molar-refractivity contribution >= 4 is 46.9 Å². The molecule has 1 aliphatic rings. The van der Waals surface area contributed by atoms with Crippen LogP contribution in [0.5, 0.6) is 0 Å². The van der Waals surface area contributed by atoms with Crippen molar-refractivity contribution in [3.8, 4) is 0 Å². The monoisotopic (exact) mass is 414 g/mol. The maximum absolute atomic E-state index is 12.5. The third kappa shape index (κ3) is 4.78. The second-order valence-corrected chi connectivity index (χ2v) is 7.42. The van der Waals surface area contributed by atoms with E-state index in [1.165, 1.54) is 19.1 Å². The predicted molar refractivity (Wildman–Crippen MR) is 99.8 cm³/mol. The quantitative estimate of drug-likeness (QED) is 0.546. The number of fused-ring (bicyclic) bond motifs is 1. The van der Waals surface area contributed by atoms with Crippen molar-refractivity contribution in [3.05, 3.63) is 33.3 Å². The van der Waals surface area contributed by atoms with Crippen LogP contribution in [0.4, 0.5) is 0 Å². The van der Waals surface area contributed by atoms with Gasteiger partial charge in [-0.3, -0.25) is 19.3 Å². The summed E-state index contributed by atoms with van der Waals surface area (Å²) < 4.78 is 4.93. The first-order chi connectivity index (χ1) is 12.6. The molecule has 3 amide bonds. The van der Waals surface area contributed by atoms with Crippen LogP contribution in [-0.4, -0.2) is 47.8 Å². The Bertz CT molecular complexity index is 753. The average Bonchev–Trinajstić information content (AvgIpc) is 2.83. The SMILES string of the molecule is CC(C)CCNC(=O)COC(=O)[C@H](C)N1C(=O)c2cc(Cl)c(Cl)cc2C1=O. The predicted octanol–water partition coefficient (Wildman–Crippen LogP) is 2.68. The zero-order chi connectivity index (χ0) is 20.3. The van der Waals surface area contributed by atoms with Gasteiger partial charge in [0.05, 0.1) is 21.2 Å². The van der Waals surface area contributed by atoms with Crippen LogP contribution in [-0.2, 0) is 14.3 Å². The lowest BCUT2D eigenvalue weighted by molar-refractivity contribution is -0.151. The number of nitrogens with one attached hydrogen (secondary N) is 1. The first kappa shape index (κ1) is 21.2. The first-order valence-electron chi connectivity index (χ1n) is 8.43. The van der Waals surface area contributed by atoms with Crippen molar-refractivity contribution in [1.29, 1.82) is 0 Å². The highest BCUT2D eigenvalue weighted by Crippen LogP contribution is 2.32. The second kappa shape index (κ2) is 8.71. The van der Waals surface area contributed by atoms with Gasteiger partial charge in [-0.1, -0.05) is 37.0 Å². The van der Waals surface area contributed by atoms with E-state index in [9.17, 15) is 19.2 Å². The van der Waals surface area contributed by atoms with Crippen LogP contribution in [0.3, 0.4) is 0 Å². The Morgan fingerprint density at radius 1 is 1.07 bits per heavy atom. The van der Waals surface area contributed by atoms with Crippen LogP contribution in [0.15, 0.2) is 12.1 Å². The smallest absolute Gasteiger partial charge is 0.329 e. The third-order valence-electron chi connectivity index (χ3n) is 4.08. The lowest BCUT2D eigenvalue weighted by Gasteiger charge is -2.20. The summed E-state index contributed by atoms with van der Waals surface area (Å²) in [5.74, 6) is -2.21. The fourth-order valence-electron chi connectivity index (χ4n) is 2.52. The molecular formula is C18H20Cl2N2O5. The summed E-state index contributed by atoms with van der Waals surface area (Å²) in [5, 5.41) is 2.89. The van der Waals surface area contributed by atoms with Crippen molar-refractivity contribution in [2.24, 2.45) is 5.92 Å². The highest BCUT2D eigenvalue weighted by Gasteiger charge is 2.42. The van der Waals surface area contributed by atoms with E-state index in [2.05, 4.69) is 5.32 Å². The van der Waals surface area contributed by atoms with E-state index in [1.54, 1.807) is 0 Å². The maximum Gasteiger partial charge on any atom is 0.329 e. The van der Waals surface area contributed by atoms with Gasteiger partial charge < -0.3 is 10.1 Å². The molecule has 0 spiro atoms. The van der Waals surface area contributed by atoms with Crippen LogP contribution in [0.2, 0.25) is 10.0 Å². The fourth-order valence-corrected chi connectivity index (χ4v) is 2.85. The number of imide groups is 1. The van der Waals surface area contributed by atoms with Crippen LogP contribution >= 0.6 is 23.2 Å². The van der Waals surface area contributed by atoms with Gasteiger partial charge in [0.15, 0.2) is 6.61 Å². The highest BCUT2D eigenvalue weighted by atomic mass is 35.5. The van der Waals surface area contributed by atoms with Gasteiger partial charge in [0.1, 0.15) is 6.04 Å². The topological polar surface area (TPSA) is 92.8 Å². The molecule has 1 aromatic carbocycles. The number of halogens is 2. The van der Waals surface area contributed by atoms with Gasteiger partial charge in [0.25, 0.3) is 17.7 Å². The van der Waals surface area contributed by atoms with Gasteiger partial charge in [-0.15, -0.1) is 0 Å². The standard InChI is InChI=1S/C18H20Cl2N2O5/c1-9(2)4-5-21-15(23)8-27-18(26)10(3)22-16(24)11-6-13(19)14(20)7-12(11)17(22)25/h6-7,9-10H,4-5,8H2,1-3H3,(H,21,23)/t10-/m0/s1. The molecular weight excluding hydrogens is 395 g/mol. The largest absolute Gasteiger partial charge is 0.454 e. The number of carbonyl (C=O) groups is 4. The number of carbonyl (C=O) groups excluding carboxylic acids is 4. The molecule has 1 heterocycles. The fraction of sp³-hybridized carbons (Fsp3) is 0.444. The van der Waals surface area contributed by atoms with E-state index in [1.807, 2.05) is 13.8 Å². The first-order valence-corrected chi connectivity index (χ1v) is 9.19. The number of ether oxygens (including phenoxy) is 1. The Balaban J connectivity index is 1.98. The molecule has 0 radical (unpaired) electrons. The summed E-state index contributed by atoms with van der Waals surface area (Å²) in [5.41, 5.74) is 0.140. The van der Waals surface area contributed by atoms with Crippen LogP contribution in [0, 0.1) is 5.92 Å². The van der Waals surface area contributed by atoms with Crippen molar-refractivity contribution < 1.29 is 23.9 Å². The summed E-state index contributed by atoms with van der Waals surface area (Å²) in [7, 11) is 0. The third-order valence-corrected chi connectivity index (χ3v) is 4.80. The molecule has 1 aliphatic heterocycles. The van der Waals surface area contributed by atoms with Crippen molar-refractivity contribution in [2.75, 3.05) is 13.2 Å². The van der Waals surface area contributed by atoms with Gasteiger partial charge in [0.2, 0.25) is 0 Å². The molecule has 0 saturated carbocycles. The molecule has 1 N–H and O–H groups in total. The Morgan fingerprint density at radius 3 is 2.07 bits per heavy atom. The number of rotatable bonds is 7. The molecule has 0 unspecified atom stereocenters. The van der Waals surface area contributed by atoms with Gasteiger partial charge in [-0.05, 0) is 31.4 Å². The Labute approximate surface area is 166 Å². The van der Waals surface area contributed by atoms with Gasteiger partial charge in [-0.2, -0.15) is 0 Å². The summed E-state index contributed by atoms with van der Waals surface area (Å²) in [6.07, 6.45) is 0.802. The van der Waals surface area contributed by atoms with E-state index in [-0.39, 0.29) is 21.2 Å². The van der Waals surface area contributed by atoms with E-state index in [0.29, 0.717) is 12.5 Å². The summed E-state index contributed by atoms with van der Waals surface area (Å²) in [4.78, 5) is 49.6. The molecule has 0 bridgehead atoms. The minimum atomic E-state index is -1.20. The molecule has 0 aromatic heterocycles. The van der Waals surface area contributed by atoms with Gasteiger partial charge in [-0.25, -0.2) is 4.79 Å². The van der Waals surface area contributed by atoms with Gasteiger partial charge in [0, 0.05) is 6.54 Å². The van der Waals surface area contributed by atoms with Crippen molar-refractivity contribution in [1.82, 2.24) is 10.2 Å². The Morgan fingerprint density at radius 2 is 1.59 bits per heavy atom. The summed E-state index contributed by atoms with van der Waals surface area (Å²) in [6.45, 7) is 5.39. The maximum atomic E-state index is 12.5. The van der Waals surface area contributed by atoms with Crippen LogP contribution < -0.4 is 5.32 Å². The molecule has 0 fully saturated rings. The lowest BCUT2D eigenvalue weighted by atomic mass is 10.1. The molecule has 27 heavy (non-hydrogen) atoms. The number of hydrogen-bond acceptors (Lipinski definition) is 5. The molecule has 9 heteroatoms. The molecule has 7 nitrogen and oxygen atoms in total. The normalized spacial score (nSPS) is 14.4. The number of amides is 3. The summed E-state index contributed by atoms with van der Waals surface area (Å²) >= 11 is 11.8. The molecule has 2 rings (SSSR count). The number of benzene rings is 1. The zero-order valence-electron chi connectivity index (χ0n) is 15.2. The second-order valence-electron chi connectivity index (χ2n) is 6.61. The van der Waals surface area contributed by atoms with Crippen LogP contribution in [0.25, 0.3) is 0 Å². The zero-order valence-corrected chi connectivity index (χ0v) is 16.7.